The number of ketones is 1. The van der Waals surface area contributed by atoms with Crippen LogP contribution in [-0.2, 0) is 0 Å². The number of Topliss-reactive ketones (excluding diaryl/α,β-unsaturated/α-hetero) is 1. The Morgan fingerprint density at radius 3 is 2.33 bits per heavy atom. The zero-order valence-corrected chi connectivity index (χ0v) is 8.64. The van der Waals surface area contributed by atoms with Gasteiger partial charge in [-0.3, -0.25) is 4.79 Å². The van der Waals surface area contributed by atoms with E-state index in [-0.39, 0.29) is 23.0 Å². The fourth-order valence-corrected chi connectivity index (χ4v) is 1.19. The van der Waals surface area contributed by atoms with E-state index in [9.17, 15) is 15.0 Å². The van der Waals surface area contributed by atoms with Gasteiger partial charge in [0.1, 0.15) is 17.6 Å². The summed E-state index contributed by atoms with van der Waals surface area (Å²) in [4.78, 5) is 11.6. The summed E-state index contributed by atoms with van der Waals surface area (Å²) in [6.45, 7) is 3.42. The second-order valence-corrected chi connectivity index (χ2v) is 3.75. The van der Waals surface area contributed by atoms with Crippen molar-refractivity contribution in [2.24, 2.45) is 5.92 Å². The van der Waals surface area contributed by atoms with Crippen LogP contribution in [0.15, 0.2) is 18.2 Å². The van der Waals surface area contributed by atoms with Crippen LogP contribution in [0.1, 0.15) is 24.2 Å². The number of phenols is 2. The smallest absolute Gasteiger partial charge is 0.195 e. The number of aliphatic hydroxyl groups excluding tert-OH is 1. The van der Waals surface area contributed by atoms with Crippen LogP contribution in [0.5, 0.6) is 11.5 Å². The second-order valence-electron chi connectivity index (χ2n) is 3.75. The fraction of sp³-hybridized carbons (Fsp3) is 0.364. The molecule has 0 amide bonds. The molecule has 0 aliphatic heterocycles. The Kier molecular flexibility index (Phi) is 3.31. The Labute approximate surface area is 87.8 Å². The van der Waals surface area contributed by atoms with Gasteiger partial charge in [-0.15, -0.1) is 0 Å². The van der Waals surface area contributed by atoms with Crippen molar-refractivity contribution in [2.45, 2.75) is 20.0 Å². The van der Waals surface area contributed by atoms with Crippen LogP contribution >= 0.6 is 0 Å². The first-order valence-electron chi connectivity index (χ1n) is 4.67. The molecule has 1 atom stereocenters. The van der Waals surface area contributed by atoms with E-state index in [0.717, 1.165) is 6.07 Å². The lowest BCUT2D eigenvalue weighted by Gasteiger charge is -2.13. The molecule has 0 aliphatic rings. The molecule has 15 heavy (non-hydrogen) atoms. The molecule has 1 aromatic carbocycles. The summed E-state index contributed by atoms with van der Waals surface area (Å²) in [5.74, 6) is -1.20. The molecule has 4 heteroatoms. The Morgan fingerprint density at radius 1 is 1.27 bits per heavy atom. The lowest BCUT2D eigenvalue weighted by atomic mass is 9.97. The van der Waals surface area contributed by atoms with Crippen molar-refractivity contribution in [1.82, 2.24) is 0 Å². The zero-order valence-electron chi connectivity index (χ0n) is 8.64. The molecule has 0 aromatic heterocycles. The highest BCUT2D eigenvalue weighted by Crippen LogP contribution is 2.24. The molecule has 3 N–H and O–H groups in total. The van der Waals surface area contributed by atoms with Gasteiger partial charge in [0.2, 0.25) is 0 Å². The van der Waals surface area contributed by atoms with E-state index in [0.29, 0.717) is 0 Å². The molecule has 82 valence electrons. The Hall–Kier alpha value is -1.55. The number of hydrogen-bond donors (Lipinski definition) is 3. The largest absolute Gasteiger partial charge is 0.508 e. The molecule has 0 spiro atoms. The van der Waals surface area contributed by atoms with Crippen molar-refractivity contribution in [3.8, 4) is 11.5 Å². The van der Waals surface area contributed by atoms with Crippen LogP contribution in [0, 0.1) is 5.92 Å². The third-order valence-electron chi connectivity index (χ3n) is 2.15. The molecule has 1 unspecified atom stereocenters. The van der Waals surface area contributed by atoms with E-state index in [2.05, 4.69) is 0 Å². The van der Waals surface area contributed by atoms with E-state index >= 15 is 0 Å². The van der Waals surface area contributed by atoms with Crippen molar-refractivity contribution >= 4 is 5.78 Å². The summed E-state index contributed by atoms with van der Waals surface area (Å²) in [6.07, 6.45) is -1.14. The molecule has 0 saturated heterocycles. The summed E-state index contributed by atoms with van der Waals surface area (Å²) in [7, 11) is 0. The molecule has 0 aliphatic carbocycles. The predicted octanol–water partition coefficient (Wildman–Crippen LogP) is 1.30. The number of aliphatic hydroxyl groups is 1. The number of hydrogen-bond acceptors (Lipinski definition) is 4. The first-order valence-corrected chi connectivity index (χ1v) is 4.67. The quantitative estimate of drug-likeness (QED) is 0.657. The van der Waals surface area contributed by atoms with Gasteiger partial charge in [-0.05, 0) is 18.1 Å². The van der Waals surface area contributed by atoms with Gasteiger partial charge < -0.3 is 15.3 Å². The number of aromatic hydroxyl groups is 2. The van der Waals surface area contributed by atoms with Gasteiger partial charge in [-0.1, -0.05) is 13.8 Å². The van der Waals surface area contributed by atoms with Crippen LogP contribution in [0.2, 0.25) is 0 Å². The predicted molar refractivity (Wildman–Crippen MR) is 54.9 cm³/mol. The van der Waals surface area contributed by atoms with Crippen molar-refractivity contribution in [3.63, 3.8) is 0 Å². The average Bonchev–Trinajstić information content (AvgIpc) is 2.15. The van der Waals surface area contributed by atoms with E-state index in [1.165, 1.54) is 12.1 Å². The average molecular weight is 210 g/mol. The zero-order chi connectivity index (χ0) is 11.6. The number of rotatable bonds is 3. The van der Waals surface area contributed by atoms with Gasteiger partial charge in [-0.25, -0.2) is 0 Å². The molecule has 0 heterocycles. The third-order valence-corrected chi connectivity index (χ3v) is 2.15. The van der Waals surface area contributed by atoms with Crippen molar-refractivity contribution in [3.05, 3.63) is 23.8 Å². The molecule has 0 fully saturated rings. The fourth-order valence-electron chi connectivity index (χ4n) is 1.19. The molecule has 1 aromatic rings. The van der Waals surface area contributed by atoms with Crippen LogP contribution < -0.4 is 0 Å². The summed E-state index contributed by atoms with van der Waals surface area (Å²) in [6, 6.07) is 3.65. The second kappa shape index (κ2) is 4.31. The maximum absolute atomic E-state index is 11.6. The highest BCUT2D eigenvalue weighted by atomic mass is 16.3. The maximum atomic E-state index is 11.6. The standard InChI is InChI=1S/C11H14O4/c1-6(2)10(14)11(15)8-4-3-7(12)5-9(8)13/h3-6,10,12-14H,1-2H3. The highest BCUT2D eigenvalue weighted by Gasteiger charge is 2.22. The SMILES string of the molecule is CC(C)C(O)C(=O)c1ccc(O)cc1O. The number of phenolic OH excluding ortho intramolecular Hbond substituents is 2. The Balaban J connectivity index is 3.01. The summed E-state index contributed by atoms with van der Waals surface area (Å²) < 4.78 is 0. The summed E-state index contributed by atoms with van der Waals surface area (Å²) >= 11 is 0. The van der Waals surface area contributed by atoms with Gasteiger partial charge in [0.05, 0.1) is 5.56 Å². The number of carbonyl (C=O) groups excluding carboxylic acids is 1. The van der Waals surface area contributed by atoms with Crippen LogP contribution in [0.4, 0.5) is 0 Å². The molecular weight excluding hydrogens is 196 g/mol. The van der Waals surface area contributed by atoms with Crippen molar-refractivity contribution in [1.29, 1.82) is 0 Å². The number of carbonyl (C=O) groups is 1. The van der Waals surface area contributed by atoms with Gasteiger partial charge in [0.25, 0.3) is 0 Å². The van der Waals surface area contributed by atoms with Crippen molar-refractivity contribution < 1.29 is 20.1 Å². The summed E-state index contributed by atoms with van der Waals surface area (Å²) in [5, 5.41) is 28.0. The van der Waals surface area contributed by atoms with E-state index in [1.54, 1.807) is 13.8 Å². The monoisotopic (exact) mass is 210 g/mol. The normalized spacial score (nSPS) is 12.8. The summed E-state index contributed by atoms with van der Waals surface area (Å²) in [5.41, 5.74) is 0.0222. The molecule has 4 nitrogen and oxygen atoms in total. The van der Waals surface area contributed by atoms with Crippen molar-refractivity contribution in [2.75, 3.05) is 0 Å². The van der Waals surface area contributed by atoms with Gasteiger partial charge >= 0.3 is 0 Å². The topological polar surface area (TPSA) is 77.8 Å². The first kappa shape index (κ1) is 11.5. The van der Waals surface area contributed by atoms with Crippen LogP contribution in [0.25, 0.3) is 0 Å². The minimum absolute atomic E-state index is 0.0222. The molecule has 0 saturated carbocycles. The molecular formula is C11H14O4. The van der Waals surface area contributed by atoms with E-state index < -0.39 is 11.9 Å². The molecule has 0 radical (unpaired) electrons. The van der Waals surface area contributed by atoms with E-state index in [4.69, 9.17) is 5.11 Å². The van der Waals surface area contributed by atoms with Gasteiger partial charge in [0, 0.05) is 6.07 Å². The molecule has 0 bridgehead atoms. The van der Waals surface area contributed by atoms with Gasteiger partial charge in [0.15, 0.2) is 5.78 Å². The Bertz CT molecular complexity index is 371. The lowest BCUT2D eigenvalue weighted by Crippen LogP contribution is -2.26. The van der Waals surface area contributed by atoms with Crippen LogP contribution in [0.3, 0.4) is 0 Å². The number of benzene rings is 1. The lowest BCUT2D eigenvalue weighted by molar-refractivity contribution is 0.0645. The molecule has 1 rings (SSSR count). The van der Waals surface area contributed by atoms with Crippen LogP contribution in [-0.4, -0.2) is 27.2 Å². The minimum Gasteiger partial charge on any atom is -0.508 e. The van der Waals surface area contributed by atoms with E-state index in [1.807, 2.05) is 0 Å². The highest BCUT2D eigenvalue weighted by molar-refractivity contribution is 6.01. The minimum atomic E-state index is -1.14. The maximum Gasteiger partial charge on any atom is 0.195 e. The third kappa shape index (κ3) is 2.47. The first-order chi connectivity index (χ1) is 6.93. The van der Waals surface area contributed by atoms with Gasteiger partial charge in [-0.2, -0.15) is 0 Å². The Morgan fingerprint density at radius 2 is 1.87 bits per heavy atom.